The fourth-order valence-corrected chi connectivity index (χ4v) is 0.775. The molecule has 3 unspecified atom stereocenters. The van der Waals surface area contributed by atoms with E-state index in [9.17, 15) is 17.6 Å². The molecule has 0 spiro atoms. The molecule has 1 aromatic heterocycles. The van der Waals surface area contributed by atoms with Crippen molar-refractivity contribution in [1.82, 2.24) is 15.4 Å². The van der Waals surface area contributed by atoms with Gasteiger partial charge in [-0.3, -0.25) is 0 Å². The number of hydrogen-bond acceptors (Lipinski definition) is 2. The van der Waals surface area contributed by atoms with E-state index in [4.69, 9.17) is 0 Å². The molecule has 0 amide bonds. The van der Waals surface area contributed by atoms with Crippen LogP contribution < -0.4 is 0 Å². The van der Waals surface area contributed by atoms with Crippen LogP contribution >= 0.6 is 0 Å². The van der Waals surface area contributed by atoms with Gasteiger partial charge in [-0.15, -0.1) is 0 Å². The van der Waals surface area contributed by atoms with Crippen LogP contribution in [-0.4, -0.2) is 34.4 Å². The van der Waals surface area contributed by atoms with Crippen LogP contribution in [0.1, 0.15) is 11.9 Å². The van der Waals surface area contributed by atoms with Gasteiger partial charge in [-0.1, -0.05) is 0 Å². The molecular formula is C6H7F4N3. The molecule has 0 bridgehead atoms. The smallest absolute Gasteiger partial charge is 0.179 e. The van der Waals surface area contributed by atoms with Crippen molar-refractivity contribution < 1.29 is 17.6 Å². The van der Waals surface area contributed by atoms with Gasteiger partial charge >= 0.3 is 0 Å². The summed E-state index contributed by atoms with van der Waals surface area (Å²) in [4.78, 5) is 0. The molecule has 1 aromatic rings. The Morgan fingerprint density at radius 1 is 1.38 bits per heavy atom. The molecule has 1 rings (SSSR count). The quantitative estimate of drug-likeness (QED) is 0.742. The summed E-state index contributed by atoms with van der Waals surface area (Å²) in [6, 6.07) is 0. The molecule has 0 radical (unpaired) electrons. The molecule has 0 aliphatic heterocycles. The number of nitrogens with zero attached hydrogens (tertiary/aromatic N) is 2. The predicted molar refractivity (Wildman–Crippen MR) is 36.0 cm³/mol. The maximum absolute atomic E-state index is 12.9. The fourth-order valence-electron chi connectivity index (χ4n) is 0.775. The van der Waals surface area contributed by atoms with Crippen molar-refractivity contribution in [3.63, 3.8) is 0 Å². The minimum Gasteiger partial charge on any atom is -0.248 e. The second kappa shape index (κ2) is 4.20. The normalized spacial score (nSPS) is 18.2. The molecule has 13 heavy (non-hydrogen) atoms. The summed E-state index contributed by atoms with van der Waals surface area (Å²) < 4.78 is 49.5. The van der Waals surface area contributed by atoms with Gasteiger partial charge in [0.15, 0.2) is 18.5 Å². The number of rotatable bonds is 4. The third kappa shape index (κ3) is 2.16. The lowest BCUT2D eigenvalue weighted by atomic mass is 10.1. The molecule has 0 saturated heterocycles. The Balaban J connectivity index is 2.62. The fraction of sp³-hybridized carbons (Fsp3) is 0.667. The van der Waals surface area contributed by atoms with Gasteiger partial charge in [0.25, 0.3) is 0 Å². The van der Waals surface area contributed by atoms with Crippen LogP contribution in [0.3, 0.4) is 0 Å². The lowest BCUT2D eigenvalue weighted by Crippen LogP contribution is -2.24. The second-order valence-electron chi connectivity index (χ2n) is 2.41. The highest BCUT2D eigenvalue weighted by molar-refractivity contribution is 5.00. The first-order chi connectivity index (χ1) is 6.16. The predicted octanol–water partition coefficient (Wildman–Crippen LogP) is 1.46. The third-order valence-corrected chi connectivity index (χ3v) is 1.49. The van der Waals surface area contributed by atoms with E-state index in [0.29, 0.717) is 0 Å². The summed E-state index contributed by atoms with van der Waals surface area (Å²) in [5.41, 5.74) is -0.372. The van der Waals surface area contributed by atoms with Gasteiger partial charge in [-0.05, 0) is 0 Å². The molecule has 7 heteroatoms. The molecular weight excluding hydrogens is 190 g/mol. The molecule has 3 atom stereocenters. The average molecular weight is 197 g/mol. The van der Waals surface area contributed by atoms with Crippen molar-refractivity contribution in [2.24, 2.45) is 0 Å². The van der Waals surface area contributed by atoms with Gasteiger partial charge in [0.2, 0.25) is 0 Å². The third-order valence-electron chi connectivity index (χ3n) is 1.49. The van der Waals surface area contributed by atoms with E-state index in [1.165, 1.54) is 0 Å². The maximum atomic E-state index is 12.9. The topological polar surface area (TPSA) is 41.6 Å². The molecule has 0 aliphatic carbocycles. The largest absolute Gasteiger partial charge is 0.248 e. The zero-order valence-corrected chi connectivity index (χ0v) is 6.42. The van der Waals surface area contributed by atoms with Crippen molar-refractivity contribution in [2.45, 2.75) is 18.5 Å². The van der Waals surface area contributed by atoms with E-state index in [0.717, 1.165) is 6.20 Å². The Morgan fingerprint density at radius 2 is 2.08 bits per heavy atom. The van der Waals surface area contributed by atoms with Crippen molar-refractivity contribution >= 4 is 0 Å². The zero-order valence-electron chi connectivity index (χ0n) is 6.42. The molecule has 0 fully saturated rings. The number of nitrogens with one attached hydrogen (secondary N) is 1. The summed E-state index contributed by atoms with van der Waals surface area (Å²) in [6.45, 7) is -1.56. The maximum Gasteiger partial charge on any atom is 0.179 e. The van der Waals surface area contributed by atoms with Gasteiger partial charge < -0.3 is 0 Å². The van der Waals surface area contributed by atoms with Gasteiger partial charge in [0, 0.05) is 0 Å². The molecule has 0 aliphatic rings. The molecule has 1 heterocycles. The Morgan fingerprint density at radius 3 is 2.54 bits per heavy atom. The Bertz CT molecular complexity index is 240. The highest BCUT2D eigenvalue weighted by Gasteiger charge is 2.32. The van der Waals surface area contributed by atoms with Gasteiger partial charge in [-0.25, -0.2) is 17.6 Å². The molecule has 0 saturated carbocycles. The van der Waals surface area contributed by atoms with E-state index in [1.807, 2.05) is 5.21 Å². The summed E-state index contributed by atoms with van der Waals surface area (Å²) in [5.74, 6) is 0. The van der Waals surface area contributed by atoms with Crippen molar-refractivity contribution in [1.29, 1.82) is 0 Å². The SMILES string of the molecule is FCC(F)C(F)C(F)c1cn[nH]n1. The van der Waals surface area contributed by atoms with E-state index in [-0.39, 0.29) is 5.69 Å². The summed E-state index contributed by atoms with van der Waals surface area (Å²) in [5, 5.41) is 8.47. The van der Waals surface area contributed by atoms with Crippen LogP contribution in [0.5, 0.6) is 0 Å². The van der Waals surface area contributed by atoms with E-state index in [2.05, 4.69) is 10.2 Å². The number of aromatic nitrogens is 3. The molecule has 74 valence electrons. The number of halogens is 4. The Labute approximate surface area is 71.1 Å². The van der Waals surface area contributed by atoms with Crippen molar-refractivity contribution in [3.05, 3.63) is 11.9 Å². The van der Waals surface area contributed by atoms with Gasteiger partial charge in [0.1, 0.15) is 12.4 Å². The van der Waals surface area contributed by atoms with Crippen LogP contribution in [0.15, 0.2) is 6.20 Å². The molecule has 0 aromatic carbocycles. The molecule has 3 nitrogen and oxygen atoms in total. The Kier molecular flexibility index (Phi) is 3.21. The summed E-state index contributed by atoms with van der Waals surface area (Å²) in [6.07, 6.45) is -6.38. The van der Waals surface area contributed by atoms with Gasteiger partial charge in [0.05, 0.1) is 6.20 Å². The zero-order chi connectivity index (χ0) is 9.84. The van der Waals surface area contributed by atoms with Crippen LogP contribution in [0.2, 0.25) is 0 Å². The summed E-state index contributed by atoms with van der Waals surface area (Å²) >= 11 is 0. The van der Waals surface area contributed by atoms with E-state index >= 15 is 0 Å². The highest BCUT2D eigenvalue weighted by Crippen LogP contribution is 2.25. The first-order valence-corrected chi connectivity index (χ1v) is 3.50. The number of alkyl halides is 4. The molecule has 1 N–H and O–H groups in total. The minimum atomic E-state index is -2.55. The highest BCUT2D eigenvalue weighted by atomic mass is 19.2. The average Bonchev–Trinajstić information content (AvgIpc) is 2.67. The van der Waals surface area contributed by atoms with E-state index < -0.39 is 25.2 Å². The monoisotopic (exact) mass is 197 g/mol. The first kappa shape index (κ1) is 9.94. The van der Waals surface area contributed by atoms with Crippen LogP contribution in [-0.2, 0) is 0 Å². The standard InChI is InChI=1S/C6H7F4N3/c7-1-3(8)5(9)6(10)4-2-11-13-12-4/h2-3,5-6H,1H2,(H,11,12,13). The second-order valence-corrected chi connectivity index (χ2v) is 2.41. The lowest BCUT2D eigenvalue weighted by molar-refractivity contribution is 0.0650. The van der Waals surface area contributed by atoms with E-state index in [1.54, 1.807) is 0 Å². The Hall–Kier alpha value is -1.14. The first-order valence-electron chi connectivity index (χ1n) is 3.50. The van der Waals surface area contributed by atoms with Crippen molar-refractivity contribution in [2.75, 3.05) is 6.67 Å². The van der Waals surface area contributed by atoms with Gasteiger partial charge in [-0.2, -0.15) is 15.4 Å². The van der Waals surface area contributed by atoms with Crippen LogP contribution in [0, 0.1) is 0 Å². The minimum absolute atomic E-state index is 0.372. The number of aromatic amines is 1. The van der Waals surface area contributed by atoms with Crippen LogP contribution in [0.4, 0.5) is 17.6 Å². The van der Waals surface area contributed by atoms with Crippen molar-refractivity contribution in [3.8, 4) is 0 Å². The number of hydrogen-bond donors (Lipinski definition) is 1. The lowest BCUT2D eigenvalue weighted by Gasteiger charge is -2.12. The van der Waals surface area contributed by atoms with Crippen LogP contribution in [0.25, 0.3) is 0 Å². The summed E-state index contributed by atoms with van der Waals surface area (Å²) in [7, 11) is 0. The number of H-pyrrole nitrogens is 1.